The van der Waals surface area contributed by atoms with E-state index in [4.69, 9.17) is 15.7 Å². The number of nitrogens with one attached hydrogen (secondary N) is 1. The summed E-state index contributed by atoms with van der Waals surface area (Å²) in [6, 6.07) is 8.89. The first kappa shape index (κ1) is 29.7. The minimum Gasteiger partial charge on any atom is -0.395 e. The number of nitriles is 1. The summed E-state index contributed by atoms with van der Waals surface area (Å²) in [6.07, 6.45) is 1.18. The fourth-order valence-corrected chi connectivity index (χ4v) is 7.25. The van der Waals surface area contributed by atoms with E-state index in [9.17, 15) is 23.1 Å². The zero-order valence-electron chi connectivity index (χ0n) is 22.9. The lowest BCUT2D eigenvalue weighted by molar-refractivity contribution is 0.0716. The molecule has 2 aromatic rings. The van der Waals surface area contributed by atoms with Crippen molar-refractivity contribution in [3.8, 4) is 6.07 Å². The summed E-state index contributed by atoms with van der Waals surface area (Å²) in [6.45, 7) is 4.09. The number of benzene rings is 1. The zero-order chi connectivity index (χ0) is 29.1. The minimum atomic E-state index is -3.73. The van der Waals surface area contributed by atoms with Crippen LogP contribution in [0, 0.1) is 11.3 Å². The van der Waals surface area contributed by atoms with Crippen molar-refractivity contribution in [2.75, 3.05) is 39.5 Å². The van der Waals surface area contributed by atoms with E-state index >= 15 is 0 Å². The van der Waals surface area contributed by atoms with Gasteiger partial charge in [0, 0.05) is 31.7 Å². The fraction of sp³-hybridized carbons (Fsp3) is 0.556. The quantitative estimate of drug-likeness (QED) is 0.286. The zero-order valence-corrected chi connectivity index (χ0v) is 23.7. The number of fused-ring (bicyclic) bond motifs is 1. The summed E-state index contributed by atoms with van der Waals surface area (Å²) in [5.41, 5.74) is 7.73. The van der Waals surface area contributed by atoms with Crippen LogP contribution in [0.25, 0.3) is 0 Å². The average Bonchev–Trinajstić information content (AvgIpc) is 3.65. The molecular formula is C27H36N6O6S. The first-order chi connectivity index (χ1) is 19.0. The number of aliphatic hydroxyl groups excluding tert-OH is 1. The van der Waals surface area contributed by atoms with Crippen LogP contribution in [-0.4, -0.2) is 89.0 Å². The molecular weight excluding hydrogens is 536 g/mol. The Labute approximate surface area is 234 Å². The molecule has 40 heavy (non-hydrogen) atoms. The second-order valence-electron chi connectivity index (χ2n) is 10.9. The van der Waals surface area contributed by atoms with E-state index in [0.717, 1.165) is 5.56 Å². The van der Waals surface area contributed by atoms with E-state index < -0.39 is 31.8 Å². The molecule has 1 aliphatic carbocycles. The molecule has 1 saturated carbocycles. The molecule has 0 bridgehead atoms. The molecule has 0 radical (unpaired) electrons. The number of rotatable bonds is 13. The van der Waals surface area contributed by atoms with Crippen LogP contribution in [0.3, 0.4) is 0 Å². The molecule has 1 aliphatic heterocycles. The standard InChI is InChI=1S/C27H36N6O6S/c1-26(2,18-34)40(37,38)27(8-9-27)17-32-11-7-21-22(24(35)30-16-20-5-3-19(15-29)4-6-20)31-33(23(21)25(32)36)12-14-39-13-10-28/h3-6,34H,7-14,16-18,28H2,1-2H3,(H,30,35). The van der Waals surface area contributed by atoms with E-state index in [1.54, 1.807) is 24.3 Å². The number of amides is 2. The van der Waals surface area contributed by atoms with Gasteiger partial charge in [0.25, 0.3) is 11.8 Å². The smallest absolute Gasteiger partial charge is 0.272 e. The van der Waals surface area contributed by atoms with Gasteiger partial charge in [-0.15, -0.1) is 0 Å². The maximum absolute atomic E-state index is 13.8. The van der Waals surface area contributed by atoms with Crippen LogP contribution in [-0.2, 0) is 34.1 Å². The average molecular weight is 573 g/mol. The van der Waals surface area contributed by atoms with Gasteiger partial charge in [-0.2, -0.15) is 10.4 Å². The Bertz CT molecular complexity index is 1410. The van der Waals surface area contributed by atoms with E-state index in [-0.39, 0.29) is 50.1 Å². The molecule has 216 valence electrons. The van der Waals surface area contributed by atoms with Crippen molar-refractivity contribution in [1.82, 2.24) is 20.0 Å². The summed E-state index contributed by atoms with van der Waals surface area (Å²) in [5.74, 6) is -0.823. The molecule has 4 N–H and O–H groups in total. The van der Waals surface area contributed by atoms with Crippen LogP contribution in [0.1, 0.15) is 64.4 Å². The number of ether oxygens (including phenoxy) is 1. The number of hydrogen-bond acceptors (Lipinski definition) is 9. The predicted molar refractivity (Wildman–Crippen MR) is 146 cm³/mol. The lowest BCUT2D eigenvalue weighted by Gasteiger charge is -2.34. The number of carbonyl (C=O) groups is 2. The molecule has 0 atom stereocenters. The Morgan fingerprint density at radius 3 is 2.58 bits per heavy atom. The van der Waals surface area contributed by atoms with E-state index in [1.165, 1.54) is 23.4 Å². The number of aliphatic hydroxyl groups is 1. The lowest BCUT2D eigenvalue weighted by atomic mass is 10.0. The van der Waals surface area contributed by atoms with Crippen molar-refractivity contribution in [1.29, 1.82) is 5.26 Å². The second-order valence-corrected chi connectivity index (χ2v) is 13.9. The summed E-state index contributed by atoms with van der Waals surface area (Å²) in [4.78, 5) is 28.5. The van der Waals surface area contributed by atoms with Crippen molar-refractivity contribution in [2.45, 2.75) is 55.7 Å². The third kappa shape index (κ3) is 5.62. The van der Waals surface area contributed by atoms with Crippen LogP contribution in [0.5, 0.6) is 0 Å². The molecule has 2 heterocycles. The number of sulfone groups is 1. The normalized spacial score (nSPS) is 16.4. The van der Waals surface area contributed by atoms with Gasteiger partial charge in [0.15, 0.2) is 15.5 Å². The van der Waals surface area contributed by atoms with Gasteiger partial charge in [-0.25, -0.2) is 8.42 Å². The van der Waals surface area contributed by atoms with E-state index in [2.05, 4.69) is 16.5 Å². The Hall–Kier alpha value is -3.31. The van der Waals surface area contributed by atoms with Gasteiger partial charge in [0.1, 0.15) is 5.69 Å². The van der Waals surface area contributed by atoms with Gasteiger partial charge in [0.05, 0.1) is 47.5 Å². The molecule has 13 heteroatoms. The molecule has 1 fully saturated rings. The lowest BCUT2D eigenvalue weighted by Crippen LogP contribution is -2.51. The van der Waals surface area contributed by atoms with E-state index in [0.29, 0.717) is 43.5 Å². The van der Waals surface area contributed by atoms with Gasteiger partial charge in [-0.05, 0) is 50.8 Å². The Morgan fingerprint density at radius 2 is 1.98 bits per heavy atom. The van der Waals surface area contributed by atoms with Gasteiger partial charge in [0.2, 0.25) is 0 Å². The SMILES string of the molecule is CC(C)(CO)S(=O)(=O)C1(CN2CCc3c(C(=O)NCc4ccc(C#N)cc4)nn(CCOCCN)c3C2=O)CC1. The Balaban J connectivity index is 1.57. The van der Waals surface area contributed by atoms with Gasteiger partial charge in [-0.3, -0.25) is 14.3 Å². The number of nitrogens with two attached hydrogens (primary N) is 1. The maximum Gasteiger partial charge on any atom is 0.272 e. The van der Waals surface area contributed by atoms with Crippen molar-refractivity contribution in [2.24, 2.45) is 5.73 Å². The molecule has 0 saturated heterocycles. The fourth-order valence-electron chi connectivity index (χ4n) is 4.94. The van der Waals surface area contributed by atoms with Crippen LogP contribution < -0.4 is 11.1 Å². The first-order valence-electron chi connectivity index (χ1n) is 13.3. The highest BCUT2D eigenvalue weighted by molar-refractivity contribution is 7.94. The second kappa shape index (κ2) is 11.7. The molecule has 0 spiro atoms. The minimum absolute atomic E-state index is 0.0200. The summed E-state index contributed by atoms with van der Waals surface area (Å²) in [5, 5.41) is 26.0. The molecule has 2 amide bonds. The molecule has 2 aliphatic rings. The highest BCUT2D eigenvalue weighted by Gasteiger charge is 2.60. The highest BCUT2D eigenvalue weighted by atomic mass is 32.2. The van der Waals surface area contributed by atoms with E-state index in [1.807, 2.05) is 0 Å². The predicted octanol–water partition coefficient (Wildman–Crippen LogP) is 0.377. The monoisotopic (exact) mass is 572 g/mol. The first-order valence-corrected chi connectivity index (χ1v) is 14.8. The Morgan fingerprint density at radius 1 is 1.27 bits per heavy atom. The van der Waals surface area contributed by atoms with Crippen molar-refractivity contribution >= 4 is 21.7 Å². The summed E-state index contributed by atoms with van der Waals surface area (Å²) >= 11 is 0. The number of nitrogens with zero attached hydrogens (tertiary/aromatic N) is 4. The summed E-state index contributed by atoms with van der Waals surface area (Å²) < 4.78 is 31.3. The van der Waals surface area contributed by atoms with Crippen LogP contribution in [0.15, 0.2) is 24.3 Å². The molecule has 4 rings (SSSR count). The van der Waals surface area contributed by atoms with Crippen LogP contribution in [0.4, 0.5) is 0 Å². The summed E-state index contributed by atoms with van der Waals surface area (Å²) in [7, 11) is -3.73. The number of aromatic nitrogens is 2. The highest BCUT2D eigenvalue weighted by Crippen LogP contribution is 2.49. The van der Waals surface area contributed by atoms with Crippen molar-refractivity contribution in [3.63, 3.8) is 0 Å². The van der Waals surface area contributed by atoms with Crippen molar-refractivity contribution < 1.29 is 27.9 Å². The molecule has 1 aromatic heterocycles. The molecule has 0 unspecified atom stereocenters. The van der Waals surface area contributed by atoms with Crippen molar-refractivity contribution in [3.05, 3.63) is 52.3 Å². The molecule has 12 nitrogen and oxygen atoms in total. The largest absolute Gasteiger partial charge is 0.395 e. The third-order valence-electron chi connectivity index (χ3n) is 7.60. The Kier molecular flexibility index (Phi) is 8.65. The van der Waals surface area contributed by atoms with Gasteiger partial charge in [-0.1, -0.05) is 12.1 Å². The topological polar surface area (TPSA) is 181 Å². The molecule has 1 aromatic carbocycles. The maximum atomic E-state index is 13.8. The number of carbonyl (C=O) groups excluding carboxylic acids is 2. The van der Waals surface area contributed by atoms with Crippen LogP contribution in [0.2, 0.25) is 0 Å². The van der Waals surface area contributed by atoms with Gasteiger partial charge < -0.3 is 25.8 Å². The van der Waals surface area contributed by atoms with Gasteiger partial charge >= 0.3 is 0 Å². The number of hydrogen-bond donors (Lipinski definition) is 3. The third-order valence-corrected chi connectivity index (χ3v) is 10.9. The van der Waals surface area contributed by atoms with Crippen LogP contribution >= 0.6 is 0 Å².